The molecule has 0 amide bonds. The lowest BCUT2D eigenvalue weighted by atomic mass is 10.0. The molecule has 29 heavy (non-hydrogen) atoms. The molecule has 0 saturated heterocycles. The summed E-state index contributed by atoms with van der Waals surface area (Å²) in [5.74, 6) is 0.0288. The van der Waals surface area contributed by atoms with Crippen LogP contribution in [0.5, 0.6) is 17.4 Å². The Balaban J connectivity index is 1.87. The van der Waals surface area contributed by atoms with Crippen molar-refractivity contribution in [1.29, 1.82) is 0 Å². The van der Waals surface area contributed by atoms with Crippen LogP contribution in [0.4, 0.5) is 0 Å². The Morgan fingerprint density at radius 2 is 1.90 bits per heavy atom. The van der Waals surface area contributed by atoms with E-state index in [4.69, 9.17) is 14.2 Å². The number of hydrogen-bond donors (Lipinski definition) is 0. The fraction of sp³-hybridized carbons (Fsp3) is 0.273. The van der Waals surface area contributed by atoms with Crippen molar-refractivity contribution < 1.29 is 23.8 Å². The Morgan fingerprint density at radius 3 is 2.59 bits per heavy atom. The van der Waals surface area contributed by atoms with Gasteiger partial charge in [0.15, 0.2) is 17.2 Å². The molecule has 7 heteroatoms. The van der Waals surface area contributed by atoms with Crippen LogP contribution in [0.2, 0.25) is 0 Å². The summed E-state index contributed by atoms with van der Waals surface area (Å²) < 4.78 is 16.0. The molecule has 0 atom stereocenters. The number of pyridine rings is 2. The minimum Gasteiger partial charge on any atom is -0.493 e. The third kappa shape index (κ3) is 4.87. The molecular weight excluding hydrogens is 372 g/mol. The molecule has 0 fully saturated rings. The van der Waals surface area contributed by atoms with Crippen molar-refractivity contribution in [3.63, 3.8) is 0 Å². The van der Waals surface area contributed by atoms with Crippen molar-refractivity contribution in [2.45, 2.75) is 33.3 Å². The number of aromatic nitrogens is 2. The van der Waals surface area contributed by atoms with Crippen LogP contribution in [0.15, 0.2) is 42.6 Å². The van der Waals surface area contributed by atoms with Crippen molar-refractivity contribution in [2.24, 2.45) is 0 Å². The fourth-order valence-electron chi connectivity index (χ4n) is 2.87. The predicted molar refractivity (Wildman–Crippen MR) is 108 cm³/mol. The van der Waals surface area contributed by atoms with E-state index in [0.717, 1.165) is 16.5 Å². The van der Waals surface area contributed by atoms with Crippen molar-refractivity contribution in [3.8, 4) is 17.4 Å². The van der Waals surface area contributed by atoms with Gasteiger partial charge in [0.05, 0.1) is 18.7 Å². The van der Waals surface area contributed by atoms with Crippen LogP contribution in [0.25, 0.3) is 10.9 Å². The zero-order valence-corrected chi connectivity index (χ0v) is 16.8. The molecule has 0 unspecified atom stereocenters. The zero-order valence-electron chi connectivity index (χ0n) is 16.8. The summed E-state index contributed by atoms with van der Waals surface area (Å²) in [7, 11) is 1.43. The van der Waals surface area contributed by atoms with Crippen LogP contribution >= 0.6 is 0 Å². The molecule has 0 saturated carbocycles. The quantitative estimate of drug-likeness (QED) is 0.445. The first kappa shape index (κ1) is 20.3. The summed E-state index contributed by atoms with van der Waals surface area (Å²) in [6.07, 6.45) is 1.58. The monoisotopic (exact) mass is 394 g/mol. The van der Waals surface area contributed by atoms with E-state index in [1.165, 1.54) is 26.3 Å². The van der Waals surface area contributed by atoms with Gasteiger partial charge in [-0.2, -0.15) is 0 Å². The highest BCUT2D eigenvalue weighted by molar-refractivity contribution is 6.00. The molecule has 0 bridgehead atoms. The molecule has 0 radical (unpaired) electrons. The lowest BCUT2D eigenvalue weighted by molar-refractivity contribution is -0.132. The SMILES string of the molecule is COc1ccnc(C(=O)Cc2ccc3nc(OC(C)C)ccc3c2)c1OC(C)=O. The van der Waals surface area contributed by atoms with E-state index >= 15 is 0 Å². The van der Waals surface area contributed by atoms with E-state index in [1.807, 2.05) is 38.1 Å². The van der Waals surface area contributed by atoms with Gasteiger partial charge in [0.1, 0.15) is 0 Å². The standard InChI is InChI=1S/C22H22N2O5/c1-13(2)28-20-8-6-16-11-15(5-7-17(16)24-20)12-18(26)21-22(29-14(3)25)19(27-4)9-10-23-21/h5-11,13H,12H2,1-4H3. The van der Waals surface area contributed by atoms with Crippen LogP contribution in [-0.4, -0.2) is 34.9 Å². The molecule has 3 rings (SSSR count). The van der Waals surface area contributed by atoms with E-state index in [9.17, 15) is 9.59 Å². The number of ether oxygens (including phenoxy) is 3. The Hall–Kier alpha value is -3.48. The van der Waals surface area contributed by atoms with Crippen LogP contribution in [0, 0.1) is 0 Å². The van der Waals surface area contributed by atoms with Crippen molar-refractivity contribution >= 4 is 22.7 Å². The summed E-state index contributed by atoms with van der Waals surface area (Å²) in [4.78, 5) is 32.8. The lowest BCUT2D eigenvalue weighted by Crippen LogP contribution is -2.12. The van der Waals surface area contributed by atoms with Crippen molar-refractivity contribution in [1.82, 2.24) is 9.97 Å². The number of esters is 1. The number of ketones is 1. The van der Waals surface area contributed by atoms with E-state index in [-0.39, 0.29) is 35.5 Å². The maximum Gasteiger partial charge on any atom is 0.308 e. The highest BCUT2D eigenvalue weighted by atomic mass is 16.6. The third-order valence-electron chi connectivity index (χ3n) is 4.05. The summed E-state index contributed by atoms with van der Waals surface area (Å²) in [6.45, 7) is 5.14. The minimum atomic E-state index is -0.554. The Bertz CT molecular complexity index is 1060. The van der Waals surface area contributed by atoms with Gasteiger partial charge < -0.3 is 14.2 Å². The summed E-state index contributed by atoms with van der Waals surface area (Å²) in [5, 5.41) is 0.894. The van der Waals surface area contributed by atoms with Gasteiger partial charge in [-0.05, 0) is 37.6 Å². The summed E-state index contributed by atoms with van der Waals surface area (Å²) >= 11 is 0. The van der Waals surface area contributed by atoms with Crippen LogP contribution in [0.3, 0.4) is 0 Å². The number of carbonyl (C=O) groups is 2. The first-order chi connectivity index (χ1) is 13.9. The van der Waals surface area contributed by atoms with E-state index in [2.05, 4.69) is 9.97 Å². The summed E-state index contributed by atoms with van der Waals surface area (Å²) in [6, 6.07) is 10.8. The molecule has 2 heterocycles. The second-order valence-electron chi connectivity index (χ2n) is 6.73. The van der Waals surface area contributed by atoms with Gasteiger partial charge in [0.25, 0.3) is 0 Å². The third-order valence-corrected chi connectivity index (χ3v) is 4.05. The number of methoxy groups -OCH3 is 1. The Morgan fingerprint density at radius 1 is 1.10 bits per heavy atom. The van der Waals surface area contributed by atoms with Gasteiger partial charge >= 0.3 is 5.97 Å². The van der Waals surface area contributed by atoms with Gasteiger partial charge in [-0.1, -0.05) is 6.07 Å². The zero-order chi connectivity index (χ0) is 21.0. The molecule has 0 aliphatic heterocycles. The first-order valence-corrected chi connectivity index (χ1v) is 9.18. The van der Waals surface area contributed by atoms with E-state index in [0.29, 0.717) is 5.88 Å². The maximum atomic E-state index is 12.9. The number of rotatable bonds is 7. The predicted octanol–water partition coefficient (Wildman–Crippen LogP) is 3.78. The molecule has 1 aromatic carbocycles. The minimum absolute atomic E-state index is 0.0328. The highest BCUT2D eigenvalue weighted by Crippen LogP contribution is 2.30. The Labute approximate surface area is 168 Å². The average molecular weight is 394 g/mol. The lowest BCUT2D eigenvalue weighted by Gasteiger charge is -2.12. The van der Waals surface area contributed by atoms with Gasteiger partial charge in [-0.15, -0.1) is 0 Å². The molecule has 0 aliphatic carbocycles. The molecule has 7 nitrogen and oxygen atoms in total. The second-order valence-corrected chi connectivity index (χ2v) is 6.73. The van der Waals surface area contributed by atoms with Crippen molar-refractivity contribution in [2.75, 3.05) is 7.11 Å². The van der Waals surface area contributed by atoms with E-state index in [1.54, 1.807) is 6.07 Å². The number of nitrogens with zero attached hydrogens (tertiary/aromatic N) is 2. The van der Waals surface area contributed by atoms with Gasteiger partial charge in [-0.3, -0.25) is 9.59 Å². The molecule has 3 aromatic rings. The molecule has 2 aromatic heterocycles. The van der Waals surface area contributed by atoms with Crippen LogP contribution in [0.1, 0.15) is 36.8 Å². The largest absolute Gasteiger partial charge is 0.493 e. The normalized spacial score (nSPS) is 10.8. The fourth-order valence-corrected chi connectivity index (χ4v) is 2.87. The average Bonchev–Trinajstić information content (AvgIpc) is 2.67. The van der Waals surface area contributed by atoms with Gasteiger partial charge in [0, 0.05) is 37.1 Å². The molecule has 150 valence electrons. The highest BCUT2D eigenvalue weighted by Gasteiger charge is 2.21. The van der Waals surface area contributed by atoms with Crippen LogP contribution in [-0.2, 0) is 11.2 Å². The first-order valence-electron chi connectivity index (χ1n) is 9.18. The smallest absolute Gasteiger partial charge is 0.308 e. The molecule has 0 aliphatic rings. The number of carbonyl (C=O) groups excluding carboxylic acids is 2. The van der Waals surface area contributed by atoms with Gasteiger partial charge in [0.2, 0.25) is 11.6 Å². The number of Topliss-reactive ketones (excluding diaryl/α,β-unsaturated/α-hetero) is 1. The van der Waals surface area contributed by atoms with Crippen molar-refractivity contribution in [3.05, 3.63) is 53.9 Å². The topological polar surface area (TPSA) is 87.6 Å². The Kier molecular flexibility index (Phi) is 6.07. The number of fused-ring (bicyclic) bond motifs is 1. The molecular formula is C22H22N2O5. The maximum absolute atomic E-state index is 12.9. The van der Waals surface area contributed by atoms with Crippen LogP contribution < -0.4 is 14.2 Å². The van der Waals surface area contributed by atoms with Gasteiger partial charge in [-0.25, -0.2) is 9.97 Å². The number of hydrogen-bond acceptors (Lipinski definition) is 7. The summed E-state index contributed by atoms with van der Waals surface area (Å²) in [5.41, 5.74) is 1.62. The molecule has 0 N–H and O–H groups in total. The second kappa shape index (κ2) is 8.68. The molecule has 0 spiro atoms. The van der Waals surface area contributed by atoms with E-state index < -0.39 is 5.97 Å². The number of benzene rings is 1.